The molecule has 3 fully saturated rings. The Bertz CT molecular complexity index is 1190. The highest BCUT2D eigenvalue weighted by Crippen LogP contribution is 2.42. The van der Waals surface area contributed by atoms with Crippen molar-refractivity contribution >= 4 is 17.8 Å². The first-order valence-corrected chi connectivity index (χ1v) is 12.4. The Morgan fingerprint density at radius 1 is 1.05 bits per heavy atom. The number of carbonyl (C=O) groups excluding carboxylic acids is 2. The van der Waals surface area contributed by atoms with E-state index in [2.05, 4.69) is 12.0 Å². The van der Waals surface area contributed by atoms with Crippen LogP contribution in [0.5, 0.6) is 11.5 Å². The van der Waals surface area contributed by atoms with Gasteiger partial charge in [-0.05, 0) is 62.6 Å². The van der Waals surface area contributed by atoms with Gasteiger partial charge in [0.05, 0.1) is 18.2 Å². The van der Waals surface area contributed by atoms with E-state index < -0.39 is 24.2 Å². The van der Waals surface area contributed by atoms with Gasteiger partial charge < -0.3 is 30.1 Å². The number of halogens is 3. The van der Waals surface area contributed by atoms with E-state index in [1.165, 1.54) is 4.90 Å². The highest BCUT2D eigenvalue weighted by atomic mass is 19.4. The fourth-order valence-corrected chi connectivity index (χ4v) is 5.81. The molecule has 5 rings (SSSR count). The first-order chi connectivity index (χ1) is 18.5. The lowest BCUT2D eigenvalue weighted by Crippen LogP contribution is -2.56. The van der Waals surface area contributed by atoms with Crippen molar-refractivity contribution in [3.8, 4) is 29.9 Å². The second-order valence-electron chi connectivity index (χ2n) is 9.88. The lowest BCUT2D eigenvalue weighted by Gasteiger charge is -2.41. The molecule has 2 unspecified atom stereocenters. The molecule has 4 heterocycles. The lowest BCUT2D eigenvalue weighted by atomic mass is 9.84. The largest absolute Gasteiger partial charge is 0.490 e. The summed E-state index contributed by atoms with van der Waals surface area (Å²) in [7, 11) is 0. The number of carbonyl (C=O) groups is 3. The number of likely N-dealkylation sites (tertiary alicyclic amines) is 1. The number of alkyl halides is 3. The van der Waals surface area contributed by atoms with Gasteiger partial charge in [0.1, 0.15) is 6.04 Å². The summed E-state index contributed by atoms with van der Waals surface area (Å²) in [5.74, 6) is 0.808. The van der Waals surface area contributed by atoms with Crippen molar-refractivity contribution in [2.45, 2.75) is 74.9 Å². The molecule has 4 aliphatic heterocycles. The van der Waals surface area contributed by atoms with Crippen molar-refractivity contribution in [3.05, 3.63) is 23.8 Å². The van der Waals surface area contributed by atoms with Crippen LogP contribution in [-0.2, 0) is 9.59 Å². The number of nitrogens with two attached hydrogens (primary N) is 1. The van der Waals surface area contributed by atoms with Gasteiger partial charge in [-0.1, -0.05) is 5.92 Å². The lowest BCUT2D eigenvalue weighted by molar-refractivity contribution is -0.192. The van der Waals surface area contributed by atoms with Gasteiger partial charge in [-0.25, -0.2) is 4.79 Å². The molecule has 3 saturated heterocycles. The molecule has 0 aliphatic carbocycles. The molecule has 0 radical (unpaired) electrons. The van der Waals surface area contributed by atoms with Gasteiger partial charge >= 0.3 is 12.1 Å². The van der Waals surface area contributed by atoms with Crippen molar-refractivity contribution in [2.24, 2.45) is 11.7 Å². The van der Waals surface area contributed by atoms with Crippen LogP contribution in [0, 0.1) is 29.6 Å². The first-order valence-electron chi connectivity index (χ1n) is 12.4. The summed E-state index contributed by atoms with van der Waals surface area (Å²) < 4.78 is 42.5. The van der Waals surface area contributed by atoms with Crippen LogP contribution in [0.2, 0.25) is 0 Å². The number of fused-ring (bicyclic) bond motifs is 3. The maximum atomic E-state index is 13.3. The number of nitriles is 1. The molecule has 10 nitrogen and oxygen atoms in total. The molecule has 0 spiro atoms. The van der Waals surface area contributed by atoms with Crippen LogP contribution in [0.3, 0.4) is 0 Å². The van der Waals surface area contributed by atoms with Crippen molar-refractivity contribution < 1.29 is 42.1 Å². The van der Waals surface area contributed by atoms with E-state index in [0.717, 1.165) is 12.8 Å². The zero-order chi connectivity index (χ0) is 28.5. The fraction of sp³-hybridized carbons (Fsp3) is 0.538. The highest BCUT2D eigenvalue weighted by Gasteiger charge is 2.48. The maximum Gasteiger partial charge on any atom is 0.490 e. The van der Waals surface area contributed by atoms with Crippen LogP contribution in [-0.4, -0.2) is 75.9 Å². The normalized spacial score (nSPS) is 27.6. The number of amides is 2. The van der Waals surface area contributed by atoms with Crippen LogP contribution in [0.1, 0.15) is 48.9 Å². The molecule has 2 bridgehead atoms. The minimum absolute atomic E-state index is 0.0226. The summed E-state index contributed by atoms with van der Waals surface area (Å²) in [5, 5.41) is 16.6. The van der Waals surface area contributed by atoms with Crippen LogP contribution >= 0.6 is 0 Å². The third-order valence-corrected chi connectivity index (χ3v) is 7.64. The number of piperidine rings is 1. The summed E-state index contributed by atoms with van der Waals surface area (Å²) >= 11 is 0. The van der Waals surface area contributed by atoms with E-state index in [-0.39, 0.29) is 42.7 Å². The second kappa shape index (κ2) is 11.0. The monoisotopic (exact) mass is 548 g/mol. The number of benzene rings is 1. The zero-order valence-electron chi connectivity index (χ0n) is 20.8. The first kappa shape index (κ1) is 28.0. The number of hydrogen-bond donors (Lipinski definition) is 2. The smallest absolute Gasteiger partial charge is 0.475 e. The van der Waals surface area contributed by atoms with E-state index in [9.17, 15) is 28.0 Å². The van der Waals surface area contributed by atoms with Crippen molar-refractivity contribution in [2.75, 3.05) is 6.79 Å². The Kier molecular flexibility index (Phi) is 7.93. The van der Waals surface area contributed by atoms with E-state index >= 15 is 0 Å². The van der Waals surface area contributed by atoms with Gasteiger partial charge in [0, 0.05) is 17.6 Å². The van der Waals surface area contributed by atoms with Gasteiger partial charge in [-0.15, -0.1) is 6.42 Å². The van der Waals surface area contributed by atoms with Gasteiger partial charge in [-0.2, -0.15) is 18.4 Å². The highest BCUT2D eigenvalue weighted by molar-refractivity contribution is 5.95. The summed E-state index contributed by atoms with van der Waals surface area (Å²) in [4.78, 5) is 38.9. The molecular weight excluding hydrogens is 521 g/mol. The fourth-order valence-electron chi connectivity index (χ4n) is 5.81. The third-order valence-electron chi connectivity index (χ3n) is 7.64. The minimum atomic E-state index is -5.08. The quantitative estimate of drug-likeness (QED) is 0.547. The summed E-state index contributed by atoms with van der Waals surface area (Å²) in [6, 6.07) is 5.95. The Labute approximate surface area is 222 Å². The number of hydrogen-bond acceptors (Lipinski definition) is 7. The van der Waals surface area contributed by atoms with Gasteiger partial charge in [0.2, 0.25) is 12.7 Å². The van der Waals surface area contributed by atoms with Crippen molar-refractivity contribution in [3.63, 3.8) is 0 Å². The number of carboxylic acids is 1. The van der Waals surface area contributed by atoms with E-state index in [1.54, 1.807) is 18.2 Å². The predicted octanol–water partition coefficient (Wildman–Crippen LogP) is 2.28. The number of rotatable bonds is 3. The molecular formula is C26H27F3N4O6. The predicted molar refractivity (Wildman–Crippen MR) is 128 cm³/mol. The van der Waals surface area contributed by atoms with E-state index in [4.69, 9.17) is 31.5 Å². The SMILES string of the molecule is C#C[C@H]1CC[C@@H](C#N)N1C(=O)[C@@H](N)C1CC2CCC(C1)N2C(=O)c1ccc2c(c1)OCO2.O=C(O)C(F)(F)F. The average Bonchev–Trinajstić information content (AvgIpc) is 3.61. The standard InChI is InChI=1S/C24H26N4O4.C2HF3O2/c1-2-16-4-7-19(12-25)27(16)24(30)22(26)15-9-17-5-6-18(10-15)28(17)23(29)14-3-8-20-21(11-14)32-13-31-20;3-2(4,5)1(6)7/h1,3,8,11,15-19,22H,4-7,9-10,13,26H2;(H,6,7)/t15?,16-,17?,18?,19-,22-;/m0./s1. The number of aliphatic carboxylic acids is 1. The molecule has 13 heteroatoms. The molecule has 39 heavy (non-hydrogen) atoms. The Morgan fingerprint density at radius 3 is 2.21 bits per heavy atom. The average molecular weight is 549 g/mol. The number of ether oxygens (including phenoxy) is 2. The van der Waals surface area contributed by atoms with Crippen LogP contribution in [0.4, 0.5) is 13.2 Å². The molecule has 0 saturated carbocycles. The number of nitrogens with zero attached hydrogens (tertiary/aromatic N) is 3. The third kappa shape index (κ3) is 5.59. The summed E-state index contributed by atoms with van der Waals surface area (Å²) in [6.45, 7) is 0.166. The molecule has 5 atom stereocenters. The summed E-state index contributed by atoms with van der Waals surface area (Å²) in [5.41, 5.74) is 7.03. The Morgan fingerprint density at radius 2 is 1.64 bits per heavy atom. The van der Waals surface area contributed by atoms with Crippen molar-refractivity contribution in [1.29, 1.82) is 5.26 Å². The van der Waals surface area contributed by atoms with Crippen LogP contribution in [0.25, 0.3) is 0 Å². The molecule has 4 aliphatic rings. The molecule has 1 aromatic carbocycles. The van der Waals surface area contributed by atoms with Gasteiger partial charge in [0.25, 0.3) is 5.91 Å². The molecule has 1 aromatic rings. The molecule has 0 aromatic heterocycles. The zero-order valence-corrected chi connectivity index (χ0v) is 20.8. The van der Waals surface area contributed by atoms with Crippen LogP contribution in [0.15, 0.2) is 18.2 Å². The van der Waals surface area contributed by atoms with Crippen molar-refractivity contribution in [1.82, 2.24) is 9.80 Å². The molecule has 208 valence electrons. The Balaban J connectivity index is 0.000000448. The maximum absolute atomic E-state index is 13.3. The second-order valence-corrected chi connectivity index (χ2v) is 9.88. The topological polar surface area (TPSA) is 146 Å². The summed E-state index contributed by atoms with van der Waals surface area (Å²) in [6.07, 6.45) is 4.86. The minimum Gasteiger partial charge on any atom is -0.475 e. The van der Waals surface area contributed by atoms with E-state index in [0.29, 0.717) is 42.7 Å². The van der Waals surface area contributed by atoms with Crippen LogP contribution < -0.4 is 15.2 Å². The van der Waals surface area contributed by atoms with Gasteiger partial charge in [0.15, 0.2) is 11.5 Å². The number of carboxylic acid groups (broad SMARTS) is 1. The Hall–Kier alpha value is -3.97. The molecule has 3 N–H and O–H groups in total. The molecule has 2 amide bonds. The van der Waals surface area contributed by atoms with Gasteiger partial charge in [-0.3, -0.25) is 9.59 Å². The number of terminal acetylenes is 1. The van der Waals surface area contributed by atoms with E-state index in [1.807, 2.05) is 4.90 Å².